The maximum Gasteiger partial charge on any atom is 0.224 e. The van der Waals surface area contributed by atoms with Gasteiger partial charge in [-0.15, -0.1) is 0 Å². The largest absolute Gasteiger partial charge is 0.356 e. The van der Waals surface area contributed by atoms with E-state index in [1.807, 2.05) is 6.92 Å². The van der Waals surface area contributed by atoms with Crippen LogP contribution >= 0.6 is 0 Å². The lowest BCUT2D eigenvalue weighted by Crippen LogP contribution is -2.26. The molecule has 5 heteroatoms. The van der Waals surface area contributed by atoms with Gasteiger partial charge in [-0.3, -0.25) is 4.79 Å². The zero-order valence-corrected chi connectivity index (χ0v) is 8.82. The number of nitrogens with one attached hydrogen (secondary N) is 1. The van der Waals surface area contributed by atoms with Crippen molar-refractivity contribution < 1.29 is 18.0 Å². The molecular formula is C11H12F3NO. The number of carbonyl (C=O) groups is 1. The van der Waals surface area contributed by atoms with Gasteiger partial charge >= 0.3 is 0 Å². The summed E-state index contributed by atoms with van der Waals surface area (Å²) in [5.41, 5.74) is -0.407. The second kappa shape index (κ2) is 5.53. The smallest absolute Gasteiger partial charge is 0.224 e. The van der Waals surface area contributed by atoms with E-state index in [0.29, 0.717) is 18.7 Å². The summed E-state index contributed by atoms with van der Waals surface area (Å²) in [6.45, 7) is 2.31. The van der Waals surface area contributed by atoms with Crippen molar-refractivity contribution in [2.24, 2.45) is 0 Å². The first-order chi connectivity index (χ1) is 7.54. The highest BCUT2D eigenvalue weighted by Gasteiger charge is 2.14. The van der Waals surface area contributed by atoms with Crippen molar-refractivity contribution >= 4 is 5.91 Å². The number of carbonyl (C=O) groups excluding carboxylic acids is 1. The molecule has 1 rings (SSSR count). The van der Waals surface area contributed by atoms with Crippen molar-refractivity contribution in [2.75, 3.05) is 6.54 Å². The maximum atomic E-state index is 13.1. The van der Waals surface area contributed by atoms with Gasteiger partial charge in [0.15, 0.2) is 0 Å². The molecule has 0 radical (unpaired) electrons. The van der Waals surface area contributed by atoms with Crippen LogP contribution < -0.4 is 5.32 Å². The van der Waals surface area contributed by atoms with Crippen LogP contribution in [-0.4, -0.2) is 12.5 Å². The van der Waals surface area contributed by atoms with Crippen LogP contribution in [0.15, 0.2) is 12.1 Å². The zero-order chi connectivity index (χ0) is 12.1. The topological polar surface area (TPSA) is 29.1 Å². The molecule has 0 bridgehead atoms. The number of halogens is 3. The Bertz CT molecular complexity index is 370. The lowest BCUT2D eigenvalue weighted by molar-refractivity contribution is -0.120. The maximum absolute atomic E-state index is 13.1. The van der Waals surface area contributed by atoms with Gasteiger partial charge in [-0.25, -0.2) is 13.2 Å². The van der Waals surface area contributed by atoms with E-state index in [1.165, 1.54) is 0 Å². The average molecular weight is 231 g/mol. The molecular weight excluding hydrogens is 219 g/mol. The summed E-state index contributed by atoms with van der Waals surface area (Å²) in [6, 6.07) is 1.12. The fourth-order valence-electron chi connectivity index (χ4n) is 1.23. The second-order valence-corrected chi connectivity index (χ2v) is 3.37. The lowest BCUT2D eigenvalue weighted by Gasteiger charge is -2.06. The molecule has 0 unspecified atom stereocenters. The van der Waals surface area contributed by atoms with Crippen LogP contribution in [0.2, 0.25) is 0 Å². The summed E-state index contributed by atoms with van der Waals surface area (Å²) < 4.78 is 38.8. The van der Waals surface area contributed by atoms with Gasteiger partial charge in [0, 0.05) is 24.2 Å². The zero-order valence-electron chi connectivity index (χ0n) is 8.82. The molecule has 0 saturated heterocycles. The number of benzene rings is 1. The van der Waals surface area contributed by atoms with Gasteiger partial charge in [0.1, 0.15) is 17.5 Å². The van der Waals surface area contributed by atoms with Crippen LogP contribution in [-0.2, 0) is 11.2 Å². The van der Waals surface area contributed by atoms with E-state index in [0.717, 1.165) is 6.42 Å². The highest BCUT2D eigenvalue weighted by atomic mass is 19.1. The van der Waals surface area contributed by atoms with Crippen LogP contribution in [0.25, 0.3) is 0 Å². The fourth-order valence-corrected chi connectivity index (χ4v) is 1.23. The summed E-state index contributed by atoms with van der Waals surface area (Å²) in [7, 11) is 0. The van der Waals surface area contributed by atoms with E-state index in [9.17, 15) is 18.0 Å². The van der Waals surface area contributed by atoms with Crippen molar-refractivity contribution in [1.82, 2.24) is 5.32 Å². The van der Waals surface area contributed by atoms with Crippen LogP contribution in [0.4, 0.5) is 13.2 Å². The Hall–Kier alpha value is -1.52. The molecule has 1 N–H and O–H groups in total. The first-order valence-electron chi connectivity index (χ1n) is 4.94. The van der Waals surface area contributed by atoms with Crippen molar-refractivity contribution in [3.8, 4) is 0 Å². The normalized spacial score (nSPS) is 10.2. The third-order valence-corrected chi connectivity index (χ3v) is 2.02. The van der Waals surface area contributed by atoms with Gasteiger partial charge in [0.2, 0.25) is 5.91 Å². The summed E-state index contributed by atoms with van der Waals surface area (Å²) in [5.74, 6) is -3.55. The molecule has 2 nitrogen and oxygen atoms in total. The minimum atomic E-state index is -1.04. The van der Waals surface area contributed by atoms with Gasteiger partial charge in [-0.05, 0) is 6.42 Å². The molecule has 0 aromatic heterocycles. The number of rotatable bonds is 4. The Labute approximate surface area is 91.5 Å². The molecule has 0 heterocycles. The van der Waals surface area contributed by atoms with Crippen molar-refractivity contribution in [2.45, 2.75) is 19.8 Å². The number of hydrogen-bond acceptors (Lipinski definition) is 1. The molecule has 0 aliphatic rings. The number of amides is 1. The Balaban J connectivity index is 2.77. The van der Waals surface area contributed by atoms with Gasteiger partial charge in [0.05, 0.1) is 6.42 Å². The molecule has 16 heavy (non-hydrogen) atoms. The van der Waals surface area contributed by atoms with Crippen LogP contribution in [0, 0.1) is 17.5 Å². The quantitative estimate of drug-likeness (QED) is 0.845. The van der Waals surface area contributed by atoms with Crippen LogP contribution in [0.1, 0.15) is 18.9 Å². The van der Waals surface area contributed by atoms with Gasteiger partial charge in [-0.1, -0.05) is 6.92 Å². The van der Waals surface area contributed by atoms with Gasteiger partial charge < -0.3 is 5.32 Å². The second-order valence-electron chi connectivity index (χ2n) is 3.37. The number of hydrogen-bond donors (Lipinski definition) is 1. The van der Waals surface area contributed by atoms with Crippen molar-refractivity contribution in [3.05, 3.63) is 35.1 Å². The van der Waals surface area contributed by atoms with Crippen LogP contribution in [0.3, 0.4) is 0 Å². The minimum Gasteiger partial charge on any atom is -0.356 e. The fraction of sp³-hybridized carbons (Fsp3) is 0.364. The summed E-state index contributed by atoms with van der Waals surface area (Å²) in [6.07, 6.45) is 0.318. The Kier molecular flexibility index (Phi) is 4.34. The predicted molar refractivity (Wildman–Crippen MR) is 53.3 cm³/mol. The molecule has 88 valence electrons. The van der Waals surface area contributed by atoms with Gasteiger partial charge in [-0.2, -0.15) is 0 Å². The van der Waals surface area contributed by atoms with Crippen molar-refractivity contribution in [1.29, 1.82) is 0 Å². The van der Waals surface area contributed by atoms with E-state index < -0.39 is 35.3 Å². The Morgan fingerprint density at radius 1 is 1.25 bits per heavy atom. The molecule has 0 saturated carbocycles. The molecule has 1 aromatic carbocycles. The molecule has 0 aliphatic heterocycles. The van der Waals surface area contributed by atoms with E-state index in [2.05, 4.69) is 5.32 Å². The lowest BCUT2D eigenvalue weighted by atomic mass is 10.1. The molecule has 0 aliphatic carbocycles. The molecule has 1 aromatic rings. The first kappa shape index (κ1) is 12.5. The summed E-state index contributed by atoms with van der Waals surface area (Å²) in [5, 5.41) is 2.48. The third kappa shape index (κ3) is 3.25. The predicted octanol–water partition coefficient (Wildman–Crippen LogP) is 2.17. The SMILES string of the molecule is CCCNC(=O)Cc1c(F)cc(F)cc1F. The highest BCUT2D eigenvalue weighted by Crippen LogP contribution is 2.15. The standard InChI is InChI=1S/C11H12F3NO/c1-2-3-15-11(16)6-8-9(13)4-7(12)5-10(8)14/h4-5H,2-3,6H2,1H3,(H,15,16). The molecule has 0 atom stereocenters. The highest BCUT2D eigenvalue weighted by molar-refractivity contribution is 5.78. The first-order valence-corrected chi connectivity index (χ1v) is 4.94. The van der Waals surface area contributed by atoms with E-state index in [-0.39, 0.29) is 0 Å². The monoisotopic (exact) mass is 231 g/mol. The van der Waals surface area contributed by atoms with E-state index >= 15 is 0 Å². The Morgan fingerprint density at radius 2 is 1.81 bits per heavy atom. The minimum absolute atomic E-state index is 0.407. The Morgan fingerprint density at radius 3 is 2.31 bits per heavy atom. The van der Waals surface area contributed by atoms with Gasteiger partial charge in [0.25, 0.3) is 0 Å². The molecule has 0 fully saturated rings. The summed E-state index contributed by atoms with van der Waals surface area (Å²) >= 11 is 0. The van der Waals surface area contributed by atoms with E-state index in [4.69, 9.17) is 0 Å². The summed E-state index contributed by atoms with van der Waals surface area (Å²) in [4.78, 5) is 11.2. The van der Waals surface area contributed by atoms with Crippen LogP contribution in [0.5, 0.6) is 0 Å². The molecule has 0 spiro atoms. The van der Waals surface area contributed by atoms with E-state index in [1.54, 1.807) is 0 Å². The third-order valence-electron chi connectivity index (χ3n) is 2.02. The average Bonchev–Trinajstić information content (AvgIpc) is 2.20. The van der Waals surface area contributed by atoms with Crippen molar-refractivity contribution in [3.63, 3.8) is 0 Å². The molecule has 1 amide bonds.